The molecule has 2 nitrogen and oxygen atoms in total. The fraction of sp³-hybridized carbons (Fsp3) is 0. The summed E-state index contributed by atoms with van der Waals surface area (Å²) in [5.74, 6) is -0.0961. The van der Waals surface area contributed by atoms with Gasteiger partial charge in [0, 0.05) is 0 Å². The van der Waals surface area contributed by atoms with Crippen LogP contribution in [0.2, 0.25) is 0 Å². The van der Waals surface area contributed by atoms with E-state index in [4.69, 9.17) is 12.2 Å². The number of amides is 1. The Morgan fingerprint density at radius 1 is 1.54 bits per heavy atom. The zero-order chi connectivity index (χ0) is 9.26. The summed E-state index contributed by atoms with van der Waals surface area (Å²) in [6, 6.07) is 1.97. The van der Waals surface area contributed by atoms with Crippen molar-refractivity contribution < 1.29 is 4.79 Å². The van der Waals surface area contributed by atoms with Gasteiger partial charge >= 0.3 is 0 Å². The van der Waals surface area contributed by atoms with Gasteiger partial charge in [-0.25, -0.2) is 0 Å². The molecule has 0 bridgehead atoms. The van der Waals surface area contributed by atoms with Gasteiger partial charge in [0.2, 0.25) is 0 Å². The maximum absolute atomic E-state index is 11.2. The predicted molar refractivity (Wildman–Crippen MR) is 60.6 cm³/mol. The van der Waals surface area contributed by atoms with Crippen LogP contribution in [0.3, 0.4) is 0 Å². The Hall–Kier alpha value is -0.650. The molecule has 1 amide bonds. The quantitative estimate of drug-likeness (QED) is 0.589. The van der Waals surface area contributed by atoms with Crippen molar-refractivity contribution >= 4 is 51.6 Å². The second-order valence-corrected chi connectivity index (χ2v) is 4.91. The third-order valence-corrected chi connectivity index (χ3v) is 3.35. The number of thiocarbonyl (C=S) groups is 1. The summed E-state index contributed by atoms with van der Waals surface area (Å²) < 4.78 is 0.534. The zero-order valence-corrected chi connectivity index (χ0v) is 8.89. The molecule has 1 aliphatic heterocycles. The highest BCUT2D eigenvalue weighted by Gasteiger charge is 2.21. The van der Waals surface area contributed by atoms with Gasteiger partial charge in [0.05, 0.1) is 4.91 Å². The van der Waals surface area contributed by atoms with E-state index in [1.807, 2.05) is 22.9 Å². The van der Waals surface area contributed by atoms with Crippen LogP contribution in [0.1, 0.15) is 5.56 Å². The molecule has 0 atom stereocenters. The molecule has 0 aromatic carbocycles. The molecule has 2 rings (SSSR count). The van der Waals surface area contributed by atoms with Crippen LogP contribution >= 0.6 is 35.3 Å². The van der Waals surface area contributed by atoms with Gasteiger partial charge in [0.1, 0.15) is 4.32 Å². The number of thiophene rings is 1. The maximum atomic E-state index is 11.2. The summed E-state index contributed by atoms with van der Waals surface area (Å²) in [5, 5.41) is 6.53. The first-order valence-corrected chi connectivity index (χ1v) is 5.69. The minimum absolute atomic E-state index is 0.0961. The first kappa shape index (κ1) is 8.93. The third-order valence-electron chi connectivity index (χ3n) is 1.48. The molecule has 0 saturated carbocycles. The Kier molecular flexibility index (Phi) is 2.48. The molecule has 1 aliphatic rings. The minimum atomic E-state index is -0.0961. The van der Waals surface area contributed by atoms with Crippen molar-refractivity contribution in [1.29, 1.82) is 0 Å². The molecule has 1 N–H and O–H groups in total. The van der Waals surface area contributed by atoms with E-state index in [0.29, 0.717) is 9.23 Å². The normalized spacial score (nSPS) is 19.5. The highest BCUT2D eigenvalue weighted by Crippen LogP contribution is 2.26. The van der Waals surface area contributed by atoms with Crippen molar-refractivity contribution in [3.05, 3.63) is 27.3 Å². The van der Waals surface area contributed by atoms with Crippen molar-refractivity contribution in [3.8, 4) is 0 Å². The van der Waals surface area contributed by atoms with Crippen LogP contribution in [-0.2, 0) is 4.79 Å². The van der Waals surface area contributed by atoms with E-state index in [2.05, 4.69) is 5.32 Å². The number of carbonyl (C=O) groups is 1. The molecule has 0 radical (unpaired) electrons. The fourth-order valence-electron chi connectivity index (χ4n) is 0.930. The van der Waals surface area contributed by atoms with E-state index < -0.39 is 0 Å². The molecule has 1 saturated heterocycles. The first-order chi connectivity index (χ1) is 6.25. The molecule has 5 heteroatoms. The fourth-order valence-corrected chi connectivity index (χ4v) is 2.59. The molecule has 0 unspecified atom stereocenters. The van der Waals surface area contributed by atoms with Crippen LogP contribution in [0.15, 0.2) is 21.7 Å². The standard InChI is InChI=1S/C8H5NOS3/c10-7-6(13-8(11)9-7)3-5-1-2-12-4-5/h1-4H,(H,9,10,11). The van der Waals surface area contributed by atoms with Gasteiger partial charge in [-0.05, 0) is 28.5 Å². The van der Waals surface area contributed by atoms with Crippen LogP contribution < -0.4 is 5.32 Å². The van der Waals surface area contributed by atoms with Crippen LogP contribution in [0, 0.1) is 0 Å². The monoisotopic (exact) mass is 227 g/mol. The Balaban J connectivity index is 2.27. The molecule has 0 spiro atoms. The number of nitrogens with one attached hydrogen (secondary N) is 1. The van der Waals surface area contributed by atoms with E-state index >= 15 is 0 Å². The van der Waals surface area contributed by atoms with E-state index in [1.165, 1.54) is 11.8 Å². The predicted octanol–water partition coefficient (Wildman–Crippen LogP) is 2.24. The summed E-state index contributed by atoms with van der Waals surface area (Å²) in [4.78, 5) is 11.9. The summed E-state index contributed by atoms with van der Waals surface area (Å²) in [5.41, 5.74) is 1.05. The lowest BCUT2D eigenvalue weighted by atomic mass is 10.3. The van der Waals surface area contributed by atoms with Gasteiger partial charge in [-0.3, -0.25) is 4.79 Å². The van der Waals surface area contributed by atoms with E-state index in [-0.39, 0.29) is 5.91 Å². The Morgan fingerprint density at radius 2 is 2.38 bits per heavy atom. The average molecular weight is 227 g/mol. The molecule has 1 aromatic rings. The Morgan fingerprint density at radius 3 is 2.92 bits per heavy atom. The van der Waals surface area contributed by atoms with Crippen LogP contribution in [0.5, 0.6) is 0 Å². The highest BCUT2D eigenvalue weighted by molar-refractivity contribution is 8.26. The summed E-state index contributed by atoms with van der Waals surface area (Å²) in [7, 11) is 0. The van der Waals surface area contributed by atoms with Crippen molar-refractivity contribution in [2.75, 3.05) is 0 Å². The van der Waals surface area contributed by atoms with E-state index in [0.717, 1.165) is 5.56 Å². The van der Waals surface area contributed by atoms with E-state index in [9.17, 15) is 4.79 Å². The summed E-state index contributed by atoms with van der Waals surface area (Å²) >= 11 is 7.78. The second-order valence-electron chi connectivity index (χ2n) is 2.41. The Labute approximate surface area is 89.0 Å². The molecular formula is C8H5NOS3. The van der Waals surface area contributed by atoms with Crippen LogP contribution in [-0.4, -0.2) is 10.2 Å². The molecule has 1 aromatic heterocycles. The lowest BCUT2D eigenvalue weighted by molar-refractivity contribution is -0.115. The van der Waals surface area contributed by atoms with Gasteiger partial charge in [0.15, 0.2) is 0 Å². The number of hydrogen-bond donors (Lipinski definition) is 1. The van der Waals surface area contributed by atoms with E-state index in [1.54, 1.807) is 11.3 Å². The van der Waals surface area contributed by atoms with Gasteiger partial charge in [-0.2, -0.15) is 11.3 Å². The summed E-state index contributed by atoms with van der Waals surface area (Å²) in [6.07, 6.45) is 1.84. The van der Waals surface area contributed by atoms with Crippen molar-refractivity contribution in [1.82, 2.24) is 5.32 Å². The largest absolute Gasteiger partial charge is 0.307 e. The van der Waals surface area contributed by atoms with Crippen LogP contribution in [0.25, 0.3) is 6.08 Å². The lowest BCUT2D eigenvalue weighted by Crippen LogP contribution is -2.17. The van der Waals surface area contributed by atoms with Crippen molar-refractivity contribution in [2.24, 2.45) is 0 Å². The van der Waals surface area contributed by atoms with Gasteiger partial charge in [-0.1, -0.05) is 24.0 Å². The van der Waals surface area contributed by atoms with Crippen LogP contribution in [0.4, 0.5) is 0 Å². The number of hydrogen-bond acceptors (Lipinski definition) is 4. The van der Waals surface area contributed by atoms with Crippen molar-refractivity contribution in [3.63, 3.8) is 0 Å². The average Bonchev–Trinajstić information content (AvgIpc) is 2.63. The smallest absolute Gasteiger partial charge is 0.263 e. The summed E-state index contributed by atoms with van der Waals surface area (Å²) in [6.45, 7) is 0. The van der Waals surface area contributed by atoms with Gasteiger partial charge < -0.3 is 5.32 Å². The topological polar surface area (TPSA) is 29.1 Å². The highest BCUT2D eigenvalue weighted by atomic mass is 32.2. The molecule has 13 heavy (non-hydrogen) atoms. The van der Waals surface area contributed by atoms with Gasteiger partial charge in [0.25, 0.3) is 5.91 Å². The Bertz CT molecular complexity index is 380. The molecular weight excluding hydrogens is 222 g/mol. The third kappa shape index (κ3) is 1.99. The SMILES string of the molecule is O=C1NC(=S)SC1=Cc1ccsc1. The first-order valence-electron chi connectivity index (χ1n) is 3.53. The number of carbonyl (C=O) groups excluding carboxylic acids is 1. The lowest BCUT2D eigenvalue weighted by Gasteiger charge is -1.88. The minimum Gasteiger partial charge on any atom is -0.307 e. The molecule has 66 valence electrons. The molecule has 2 heterocycles. The second kappa shape index (κ2) is 3.61. The van der Waals surface area contributed by atoms with Gasteiger partial charge in [-0.15, -0.1) is 0 Å². The number of rotatable bonds is 1. The molecule has 1 fully saturated rings. The maximum Gasteiger partial charge on any atom is 0.263 e. The van der Waals surface area contributed by atoms with Crippen molar-refractivity contribution in [2.45, 2.75) is 0 Å². The molecule has 0 aliphatic carbocycles. The zero-order valence-electron chi connectivity index (χ0n) is 6.44. The number of thioether (sulfide) groups is 1.